The minimum Gasteiger partial charge on any atom is -0.481 e. The fraction of sp³-hybridized carbons (Fsp3) is 0.643. The number of ether oxygens (including phenoxy) is 1. The quantitative estimate of drug-likeness (QED) is 0.550. The molecule has 0 aromatic carbocycles. The van der Waals surface area contributed by atoms with Crippen LogP contribution in [0, 0.1) is 5.92 Å². The highest BCUT2D eigenvalue weighted by atomic mass is 16.5. The largest absolute Gasteiger partial charge is 0.481 e. The number of nitrogens with zero attached hydrogens (tertiary/aromatic N) is 1. The van der Waals surface area contributed by atoms with Crippen LogP contribution in [-0.2, 0) is 6.42 Å². The van der Waals surface area contributed by atoms with Crippen molar-refractivity contribution in [2.75, 3.05) is 7.11 Å². The Hall–Kier alpha value is -1.13. The summed E-state index contributed by atoms with van der Waals surface area (Å²) < 4.78 is 5.05. The molecule has 0 spiro atoms. The maximum absolute atomic E-state index is 5.64. The number of methoxy groups -OCH3 is 1. The van der Waals surface area contributed by atoms with Gasteiger partial charge in [0.15, 0.2) is 0 Å². The molecule has 1 unspecified atom stereocenters. The van der Waals surface area contributed by atoms with Gasteiger partial charge in [0, 0.05) is 18.3 Å². The molecule has 1 heterocycles. The van der Waals surface area contributed by atoms with Crippen molar-refractivity contribution >= 4 is 0 Å². The highest BCUT2D eigenvalue weighted by Gasteiger charge is 2.13. The van der Waals surface area contributed by atoms with E-state index < -0.39 is 0 Å². The van der Waals surface area contributed by atoms with E-state index in [9.17, 15) is 0 Å². The predicted octanol–water partition coefficient (Wildman–Crippen LogP) is 2.29. The van der Waals surface area contributed by atoms with Crippen LogP contribution in [0.2, 0.25) is 0 Å². The number of aromatic nitrogens is 1. The number of hydrogen-bond donors (Lipinski definition) is 2. The second-order valence-electron chi connectivity index (χ2n) is 4.69. The number of nitrogens with one attached hydrogen (secondary N) is 1. The monoisotopic (exact) mass is 251 g/mol. The summed E-state index contributed by atoms with van der Waals surface area (Å²) in [5, 5.41) is 0. The Labute approximate surface area is 110 Å². The summed E-state index contributed by atoms with van der Waals surface area (Å²) in [5.74, 6) is 7.02. The van der Waals surface area contributed by atoms with Crippen LogP contribution in [0.15, 0.2) is 18.3 Å². The zero-order valence-electron chi connectivity index (χ0n) is 11.6. The van der Waals surface area contributed by atoms with Crippen LogP contribution in [0.5, 0.6) is 5.88 Å². The third-order valence-electron chi connectivity index (χ3n) is 3.50. The summed E-state index contributed by atoms with van der Waals surface area (Å²) in [6.07, 6.45) is 6.28. The van der Waals surface area contributed by atoms with Crippen LogP contribution in [-0.4, -0.2) is 18.1 Å². The first-order chi connectivity index (χ1) is 8.73. The Kier molecular flexibility index (Phi) is 6.68. The molecule has 0 saturated carbocycles. The van der Waals surface area contributed by atoms with Gasteiger partial charge in [-0.3, -0.25) is 11.3 Å². The summed E-state index contributed by atoms with van der Waals surface area (Å²) in [4.78, 5) is 4.21. The van der Waals surface area contributed by atoms with Gasteiger partial charge in [0.1, 0.15) is 0 Å². The standard InChI is InChI=1S/C14H25N3O/c1-4-11(5-2)8-13(17-15)9-12-6-7-14(18-3)16-10-12/h6-7,10-11,13,17H,4-5,8-9,15H2,1-3H3. The molecule has 0 amide bonds. The molecular formula is C14H25N3O. The molecule has 18 heavy (non-hydrogen) atoms. The summed E-state index contributed by atoms with van der Waals surface area (Å²) in [5.41, 5.74) is 4.10. The van der Waals surface area contributed by atoms with Crippen LogP contribution in [0.25, 0.3) is 0 Å². The normalized spacial score (nSPS) is 12.7. The second kappa shape index (κ2) is 8.06. The molecule has 0 aliphatic carbocycles. The Morgan fingerprint density at radius 2 is 2.06 bits per heavy atom. The smallest absolute Gasteiger partial charge is 0.212 e. The minimum atomic E-state index is 0.310. The van der Waals surface area contributed by atoms with Crippen LogP contribution >= 0.6 is 0 Å². The van der Waals surface area contributed by atoms with E-state index in [1.165, 1.54) is 18.4 Å². The lowest BCUT2D eigenvalue weighted by molar-refractivity contribution is 0.366. The molecule has 0 radical (unpaired) electrons. The average molecular weight is 251 g/mol. The van der Waals surface area contributed by atoms with Crippen molar-refractivity contribution in [1.29, 1.82) is 0 Å². The zero-order chi connectivity index (χ0) is 13.4. The maximum atomic E-state index is 5.64. The number of hydrogen-bond acceptors (Lipinski definition) is 4. The predicted molar refractivity (Wildman–Crippen MR) is 74.3 cm³/mol. The highest BCUT2D eigenvalue weighted by Crippen LogP contribution is 2.17. The minimum absolute atomic E-state index is 0.310. The molecule has 0 saturated heterocycles. The second-order valence-corrected chi connectivity index (χ2v) is 4.69. The lowest BCUT2D eigenvalue weighted by Gasteiger charge is -2.21. The zero-order valence-corrected chi connectivity index (χ0v) is 11.6. The Morgan fingerprint density at radius 1 is 1.33 bits per heavy atom. The first-order valence-corrected chi connectivity index (χ1v) is 6.68. The molecule has 0 bridgehead atoms. The lowest BCUT2D eigenvalue weighted by Crippen LogP contribution is -2.38. The van der Waals surface area contributed by atoms with Gasteiger partial charge in [-0.05, 0) is 24.3 Å². The van der Waals surface area contributed by atoms with Gasteiger partial charge >= 0.3 is 0 Å². The fourth-order valence-electron chi connectivity index (χ4n) is 2.17. The van der Waals surface area contributed by atoms with Gasteiger partial charge in [-0.1, -0.05) is 32.8 Å². The maximum Gasteiger partial charge on any atom is 0.212 e. The van der Waals surface area contributed by atoms with Crippen LogP contribution < -0.4 is 16.0 Å². The van der Waals surface area contributed by atoms with Gasteiger partial charge in [0.05, 0.1) is 7.11 Å². The molecule has 0 aliphatic heterocycles. The first kappa shape index (κ1) is 14.9. The summed E-state index contributed by atoms with van der Waals surface area (Å²) in [6.45, 7) is 4.47. The van der Waals surface area contributed by atoms with E-state index in [-0.39, 0.29) is 0 Å². The van der Waals surface area contributed by atoms with Crippen LogP contribution in [0.1, 0.15) is 38.7 Å². The van der Waals surface area contributed by atoms with Crippen molar-refractivity contribution in [3.63, 3.8) is 0 Å². The van der Waals surface area contributed by atoms with Crippen LogP contribution in [0.4, 0.5) is 0 Å². The fourth-order valence-corrected chi connectivity index (χ4v) is 2.17. The van der Waals surface area contributed by atoms with Crippen molar-refractivity contribution in [3.8, 4) is 5.88 Å². The molecule has 4 nitrogen and oxygen atoms in total. The molecule has 102 valence electrons. The van der Waals surface area contributed by atoms with Crippen molar-refractivity contribution in [2.24, 2.45) is 11.8 Å². The Bertz CT molecular complexity index is 322. The molecule has 0 fully saturated rings. The van der Waals surface area contributed by atoms with E-state index in [1.54, 1.807) is 7.11 Å². The Balaban J connectivity index is 2.55. The SMILES string of the molecule is CCC(CC)CC(Cc1ccc(OC)nc1)NN. The van der Waals surface area contributed by atoms with Crippen molar-refractivity contribution < 1.29 is 4.74 Å². The van der Waals surface area contributed by atoms with E-state index in [1.807, 2.05) is 18.3 Å². The van der Waals surface area contributed by atoms with Gasteiger partial charge in [-0.2, -0.15) is 0 Å². The molecular weight excluding hydrogens is 226 g/mol. The van der Waals surface area contributed by atoms with E-state index >= 15 is 0 Å². The topological polar surface area (TPSA) is 60.2 Å². The van der Waals surface area contributed by atoms with E-state index in [4.69, 9.17) is 10.6 Å². The molecule has 4 heteroatoms. The summed E-state index contributed by atoms with van der Waals surface area (Å²) >= 11 is 0. The molecule has 0 aliphatic rings. The van der Waals surface area contributed by atoms with Crippen LogP contribution in [0.3, 0.4) is 0 Å². The van der Waals surface area contributed by atoms with Gasteiger partial charge < -0.3 is 4.74 Å². The van der Waals surface area contributed by atoms with Crippen molar-refractivity contribution in [3.05, 3.63) is 23.9 Å². The van der Waals surface area contributed by atoms with Gasteiger partial charge in [-0.25, -0.2) is 4.98 Å². The van der Waals surface area contributed by atoms with Gasteiger partial charge in [-0.15, -0.1) is 0 Å². The summed E-state index contributed by atoms with van der Waals surface area (Å²) in [6, 6.07) is 4.24. The third-order valence-corrected chi connectivity index (χ3v) is 3.50. The molecule has 1 aromatic heterocycles. The third kappa shape index (κ3) is 4.63. The highest BCUT2D eigenvalue weighted by molar-refractivity contribution is 5.18. The van der Waals surface area contributed by atoms with E-state index in [0.29, 0.717) is 11.9 Å². The average Bonchev–Trinajstić information content (AvgIpc) is 2.44. The number of hydrazine groups is 1. The van der Waals surface area contributed by atoms with E-state index in [2.05, 4.69) is 24.3 Å². The van der Waals surface area contributed by atoms with E-state index in [0.717, 1.165) is 18.8 Å². The number of pyridine rings is 1. The summed E-state index contributed by atoms with van der Waals surface area (Å²) in [7, 11) is 1.62. The lowest BCUT2D eigenvalue weighted by atomic mass is 9.92. The molecule has 3 N–H and O–H groups in total. The molecule has 1 aromatic rings. The number of nitrogens with two attached hydrogens (primary N) is 1. The molecule has 1 atom stereocenters. The van der Waals surface area contributed by atoms with Gasteiger partial charge in [0.25, 0.3) is 0 Å². The first-order valence-electron chi connectivity index (χ1n) is 6.68. The molecule has 1 rings (SSSR count). The van der Waals surface area contributed by atoms with Crippen molar-refractivity contribution in [1.82, 2.24) is 10.4 Å². The van der Waals surface area contributed by atoms with Crippen molar-refractivity contribution in [2.45, 2.75) is 45.6 Å². The van der Waals surface area contributed by atoms with Gasteiger partial charge in [0.2, 0.25) is 5.88 Å². The number of rotatable bonds is 8. The Morgan fingerprint density at radius 3 is 2.50 bits per heavy atom.